The van der Waals surface area contributed by atoms with E-state index >= 15 is 0 Å². The number of nitrogens with one attached hydrogen (secondary N) is 3. The van der Waals surface area contributed by atoms with E-state index in [9.17, 15) is 14.4 Å². The number of hydrogen-bond donors (Lipinski definition) is 3. The summed E-state index contributed by atoms with van der Waals surface area (Å²) in [4.78, 5) is 42.7. The quantitative estimate of drug-likeness (QED) is 0.291. The largest absolute Gasteiger partial charge is 0.351 e. The molecule has 0 radical (unpaired) electrons. The zero-order chi connectivity index (χ0) is 28.7. The molecule has 1 heterocycles. The molecule has 1 aliphatic rings. The molecule has 1 aliphatic heterocycles. The fraction of sp³-hybridized carbons (Fsp3) is 0.323. The van der Waals surface area contributed by atoms with Crippen LogP contribution in [0.5, 0.6) is 0 Å². The number of carbonyl (C=O) groups is 3. The van der Waals surface area contributed by atoms with Gasteiger partial charge >= 0.3 is 6.03 Å². The predicted molar refractivity (Wildman–Crippen MR) is 155 cm³/mol. The van der Waals surface area contributed by atoms with Crippen LogP contribution >= 0.6 is 0 Å². The Balaban J connectivity index is 1.70. The number of urea groups is 1. The number of nitrogens with zero attached hydrogens (tertiary/aromatic N) is 1. The highest BCUT2D eigenvalue weighted by atomic mass is 16.7. The molecule has 1 unspecified atom stereocenters. The van der Waals surface area contributed by atoms with Crippen LogP contribution in [0.3, 0.4) is 0 Å². The molecule has 3 aromatic carbocycles. The van der Waals surface area contributed by atoms with Gasteiger partial charge in [-0.05, 0) is 57.5 Å². The van der Waals surface area contributed by atoms with E-state index in [1.807, 2.05) is 64.1 Å². The van der Waals surface area contributed by atoms with Gasteiger partial charge < -0.3 is 30.3 Å². The van der Waals surface area contributed by atoms with Gasteiger partial charge in [0.05, 0.1) is 18.7 Å². The van der Waals surface area contributed by atoms with E-state index in [2.05, 4.69) is 16.0 Å². The van der Waals surface area contributed by atoms with Gasteiger partial charge in [0.15, 0.2) is 11.8 Å². The fourth-order valence-corrected chi connectivity index (χ4v) is 4.86. The van der Waals surface area contributed by atoms with Crippen LogP contribution in [0.15, 0.2) is 72.8 Å². The summed E-state index contributed by atoms with van der Waals surface area (Å²) >= 11 is 0. The Labute approximate surface area is 234 Å². The van der Waals surface area contributed by atoms with Crippen LogP contribution in [0.2, 0.25) is 0 Å². The zero-order valence-electron chi connectivity index (χ0n) is 23.3. The Kier molecular flexibility index (Phi) is 9.19. The lowest BCUT2D eigenvalue weighted by atomic mass is 9.87. The van der Waals surface area contributed by atoms with E-state index < -0.39 is 29.7 Å². The maximum absolute atomic E-state index is 14.3. The second-order valence-corrected chi connectivity index (χ2v) is 9.66. The van der Waals surface area contributed by atoms with Crippen molar-refractivity contribution >= 4 is 34.9 Å². The van der Waals surface area contributed by atoms with Crippen LogP contribution in [0, 0.1) is 13.8 Å². The summed E-state index contributed by atoms with van der Waals surface area (Å²) in [7, 11) is 0. The van der Waals surface area contributed by atoms with E-state index in [1.54, 1.807) is 36.4 Å². The molecular weight excluding hydrogens is 508 g/mol. The summed E-state index contributed by atoms with van der Waals surface area (Å²) in [6.45, 7) is 8.43. The Morgan fingerprint density at radius 2 is 1.52 bits per heavy atom. The number of para-hydroxylation sites is 2. The van der Waals surface area contributed by atoms with Crippen molar-refractivity contribution in [3.63, 3.8) is 0 Å². The maximum atomic E-state index is 14.3. The van der Waals surface area contributed by atoms with E-state index in [0.717, 1.165) is 11.1 Å². The second kappa shape index (κ2) is 12.8. The molecule has 210 valence electrons. The molecule has 40 heavy (non-hydrogen) atoms. The van der Waals surface area contributed by atoms with Crippen LogP contribution in [0.4, 0.5) is 21.9 Å². The average molecular weight is 545 g/mol. The maximum Gasteiger partial charge on any atom is 0.320 e. The Morgan fingerprint density at radius 3 is 2.20 bits per heavy atom. The predicted octanol–water partition coefficient (Wildman–Crippen LogP) is 5.09. The number of carbonyl (C=O) groups excluding carboxylic acids is 3. The zero-order valence-corrected chi connectivity index (χ0v) is 23.3. The number of rotatable bonds is 11. The smallest absolute Gasteiger partial charge is 0.320 e. The molecule has 0 saturated carbocycles. The van der Waals surface area contributed by atoms with E-state index in [1.165, 1.54) is 4.90 Å². The molecule has 3 N–H and O–H groups in total. The summed E-state index contributed by atoms with van der Waals surface area (Å²) in [6, 6.07) is 21.2. The lowest BCUT2D eigenvalue weighted by Gasteiger charge is -2.30. The van der Waals surface area contributed by atoms with Crippen molar-refractivity contribution in [1.29, 1.82) is 0 Å². The standard InChI is InChI=1S/C31H36N4O5/c1-5-39-28(40-6-2)20-35-26-14-10-8-12-24(26)31(29(35)37,19-27(36)32-23-17-15-21(3)16-18-23)34-30(38)33-25-13-9-7-11-22(25)4/h7-18,28H,5-6,19-20H2,1-4H3,(H,32,36)(H2,33,34,38). The molecule has 0 aliphatic carbocycles. The number of ether oxygens (including phenoxy) is 2. The van der Waals surface area contributed by atoms with Crippen molar-refractivity contribution in [2.75, 3.05) is 35.3 Å². The van der Waals surface area contributed by atoms with Gasteiger partial charge in [-0.2, -0.15) is 0 Å². The molecule has 0 saturated heterocycles. The summed E-state index contributed by atoms with van der Waals surface area (Å²) in [5, 5.41) is 8.59. The third-order valence-corrected chi connectivity index (χ3v) is 6.78. The van der Waals surface area contributed by atoms with Gasteiger partial charge in [-0.15, -0.1) is 0 Å². The first-order chi connectivity index (χ1) is 19.3. The number of fused-ring (bicyclic) bond motifs is 1. The summed E-state index contributed by atoms with van der Waals surface area (Å²) in [5.41, 5.74) is 2.54. The first-order valence-electron chi connectivity index (χ1n) is 13.4. The van der Waals surface area contributed by atoms with Gasteiger partial charge in [0.25, 0.3) is 5.91 Å². The van der Waals surface area contributed by atoms with Crippen LogP contribution in [-0.4, -0.2) is 43.9 Å². The molecule has 4 rings (SSSR count). The first-order valence-corrected chi connectivity index (χ1v) is 13.4. The number of aryl methyl sites for hydroxylation is 2. The Bertz CT molecular complexity index is 1350. The minimum Gasteiger partial charge on any atom is -0.351 e. The molecule has 1 atom stereocenters. The average Bonchev–Trinajstić information content (AvgIpc) is 3.14. The van der Waals surface area contributed by atoms with Gasteiger partial charge in [0.2, 0.25) is 5.91 Å². The third kappa shape index (κ3) is 6.32. The molecule has 0 fully saturated rings. The van der Waals surface area contributed by atoms with Crippen molar-refractivity contribution in [3.8, 4) is 0 Å². The summed E-state index contributed by atoms with van der Waals surface area (Å²) < 4.78 is 11.4. The molecule has 9 heteroatoms. The summed E-state index contributed by atoms with van der Waals surface area (Å²) in [5.74, 6) is -0.867. The molecule has 9 nitrogen and oxygen atoms in total. The highest BCUT2D eigenvalue weighted by Gasteiger charge is 2.53. The van der Waals surface area contributed by atoms with E-state index in [4.69, 9.17) is 9.47 Å². The van der Waals surface area contributed by atoms with Gasteiger partial charge in [0, 0.05) is 30.2 Å². The van der Waals surface area contributed by atoms with Gasteiger partial charge in [-0.3, -0.25) is 9.59 Å². The van der Waals surface area contributed by atoms with Crippen molar-refractivity contribution in [1.82, 2.24) is 5.32 Å². The van der Waals surface area contributed by atoms with Crippen LogP contribution in [0.25, 0.3) is 0 Å². The molecular formula is C31H36N4O5. The minimum atomic E-state index is -1.67. The number of amides is 4. The highest BCUT2D eigenvalue weighted by Crippen LogP contribution is 2.43. The Morgan fingerprint density at radius 1 is 0.875 bits per heavy atom. The molecule has 0 bridgehead atoms. The number of hydrogen-bond acceptors (Lipinski definition) is 5. The SMILES string of the molecule is CCOC(CN1C(=O)C(CC(=O)Nc2ccc(C)cc2)(NC(=O)Nc2ccccc2C)c2ccccc21)OCC. The van der Waals surface area contributed by atoms with Crippen molar-refractivity contribution in [3.05, 3.63) is 89.5 Å². The highest BCUT2D eigenvalue weighted by molar-refractivity contribution is 6.13. The van der Waals surface area contributed by atoms with Gasteiger partial charge in [-0.1, -0.05) is 54.1 Å². The molecule has 4 amide bonds. The monoisotopic (exact) mass is 544 g/mol. The van der Waals surface area contributed by atoms with E-state index in [0.29, 0.717) is 35.8 Å². The van der Waals surface area contributed by atoms with Gasteiger partial charge in [-0.25, -0.2) is 4.79 Å². The lowest BCUT2D eigenvalue weighted by Crippen LogP contribution is -2.56. The van der Waals surface area contributed by atoms with Crippen LogP contribution in [0.1, 0.15) is 37.0 Å². The minimum absolute atomic E-state index is 0.0972. The second-order valence-electron chi connectivity index (χ2n) is 9.66. The lowest BCUT2D eigenvalue weighted by molar-refractivity contribution is -0.138. The topological polar surface area (TPSA) is 109 Å². The molecule has 3 aromatic rings. The Hall–Kier alpha value is -4.21. The van der Waals surface area contributed by atoms with Crippen molar-refractivity contribution in [2.24, 2.45) is 0 Å². The first kappa shape index (κ1) is 28.8. The summed E-state index contributed by atoms with van der Waals surface area (Å²) in [6.07, 6.45) is -0.993. The molecule has 0 aromatic heterocycles. The third-order valence-electron chi connectivity index (χ3n) is 6.78. The van der Waals surface area contributed by atoms with Crippen LogP contribution < -0.4 is 20.9 Å². The van der Waals surface area contributed by atoms with Gasteiger partial charge in [0.1, 0.15) is 0 Å². The van der Waals surface area contributed by atoms with Crippen LogP contribution in [-0.2, 0) is 24.6 Å². The normalized spacial score (nSPS) is 16.1. The van der Waals surface area contributed by atoms with E-state index in [-0.39, 0.29) is 13.0 Å². The van der Waals surface area contributed by atoms with Crippen molar-refractivity contribution in [2.45, 2.75) is 45.9 Å². The molecule has 0 spiro atoms. The number of benzene rings is 3. The number of anilines is 3. The fourth-order valence-electron chi connectivity index (χ4n) is 4.86. The van der Waals surface area contributed by atoms with Crippen molar-refractivity contribution < 1.29 is 23.9 Å².